The van der Waals surface area contributed by atoms with E-state index in [4.69, 9.17) is 9.47 Å². The molecule has 1 N–H and O–H groups in total. The highest BCUT2D eigenvalue weighted by atomic mass is 79.9. The molecule has 1 atom stereocenters. The second-order valence-electron chi connectivity index (χ2n) is 3.26. The standard InChI is InChI=1S/C9H20BrNO4S/c1-3-15-6-7-16(12,13)11-9(4-5-10)8-14-2/h9,11H,3-8H2,1-2H3. The zero-order valence-corrected chi connectivity index (χ0v) is 12.1. The van der Waals surface area contributed by atoms with Crippen LogP contribution < -0.4 is 4.72 Å². The Morgan fingerprint density at radius 2 is 2.12 bits per heavy atom. The van der Waals surface area contributed by atoms with E-state index in [0.717, 1.165) is 5.33 Å². The fourth-order valence-electron chi connectivity index (χ4n) is 1.14. The van der Waals surface area contributed by atoms with Gasteiger partial charge in [0.25, 0.3) is 0 Å². The molecule has 7 heteroatoms. The molecule has 0 bridgehead atoms. The zero-order chi connectivity index (χ0) is 12.4. The van der Waals surface area contributed by atoms with Gasteiger partial charge < -0.3 is 9.47 Å². The number of ether oxygens (including phenoxy) is 2. The lowest BCUT2D eigenvalue weighted by atomic mass is 10.3. The molecule has 0 aromatic rings. The summed E-state index contributed by atoms with van der Waals surface area (Å²) in [6, 6.07) is -0.184. The van der Waals surface area contributed by atoms with E-state index in [9.17, 15) is 8.42 Å². The van der Waals surface area contributed by atoms with Crippen LogP contribution in [0, 0.1) is 0 Å². The molecule has 5 nitrogen and oxygen atoms in total. The third kappa shape index (κ3) is 8.46. The van der Waals surface area contributed by atoms with Crippen molar-refractivity contribution < 1.29 is 17.9 Å². The van der Waals surface area contributed by atoms with Gasteiger partial charge in [0, 0.05) is 25.1 Å². The van der Waals surface area contributed by atoms with Gasteiger partial charge in [0.1, 0.15) is 0 Å². The van der Waals surface area contributed by atoms with E-state index in [1.807, 2.05) is 6.92 Å². The minimum absolute atomic E-state index is 0.0106. The van der Waals surface area contributed by atoms with Crippen molar-refractivity contribution in [1.82, 2.24) is 4.72 Å². The first-order chi connectivity index (χ1) is 7.55. The van der Waals surface area contributed by atoms with E-state index >= 15 is 0 Å². The lowest BCUT2D eigenvalue weighted by Gasteiger charge is -2.16. The van der Waals surface area contributed by atoms with Crippen molar-refractivity contribution in [2.24, 2.45) is 0 Å². The first kappa shape index (κ1) is 16.3. The van der Waals surface area contributed by atoms with Gasteiger partial charge in [0.05, 0.1) is 19.0 Å². The van der Waals surface area contributed by atoms with E-state index in [1.165, 1.54) is 0 Å². The highest BCUT2D eigenvalue weighted by Crippen LogP contribution is 2.00. The van der Waals surface area contributed by atoms with Crippen LogP contribution in [0.2, 0.25) is 0 Å². The number of rotatable bonds is 10. The van der Waals surface area contributed by atoms with Crippen LogP contribution in [0.5, 0.6) is 0 Å². The second-order valence-corrected chi connectivity index (χ2v) is 5.93. The fraction of sp³-hybridized carbons (Fsp3) is 1.00. The molecule has 0 aliphatic carbocycles. The van der Waals surface area contributed by atoms with Crippen LogP contribution >= 0.6 is 15.9 Å². The molecule has 16 heavy (non-hydrogen) atoms. The molecule has 0 amide bonds. The van der Waals surface area contributed by atoms with Crippen LogP contribution in [0.25, 0.3) is 0 Å². The number of methoxy groups -OCH3 is 1. The number of hydrogen-bond donors (Lipinski definition) is 1. The maximum Gasteiger partial charge on any atom is 0.214 e. The normalized spacial score (nSPS) is 13.9. The van der Waals surface area contributed by atoms with Gasteiger partial charge in [-0.3, -0.25) is 0 Å². The van der Waals surface area contributed by atoms with Crippen LogP contribution in [0.3, 0.4) is 0 Å². The van der Waals surface area contributed by atoms with Crippen molar-refractivity contribution in [1.29, 1.82) is 0 Å². The maximum absolute atomic E-state index is 11.6. The first-order valence-corrected chi connectivity index (χ1v) is 7.95. The molecule has 0 aromatic carbocycles. The van der Waals surface area contributed by atoms with Gasteiger partial charge in [0.2, 0.25) is 10.0 Å². The molecule has 0 spiro atoms. The first-order valence-electron chi connectivity index (χ1n) is 5.18. The van der Waals surface area contributed by atoms with Gasteiger partial charge in [-0.2, -0.15) is 0 Å². The Labute approximate surface area is 106 Å². The number of sulfonamides is 1. The smallest absolute Gasteiger partial charge is 0.214 e. The predicted molar refractivity (Wildman–Crippen MR) is 67.5 cm³/mol. The molecule has 0 rings (SSSR count). The largest absolute Gasteiger partial charge is 0.383 e. The monoisotopic (exact) mass is 317 g/mol. The molecule has 0 aliphatic rings. The maximum atomic E-state index is 11.6. The Kier molecular flexibility index (Phi) is 9.53. The summed E-state index contributed by atoms with van der Waals surface area (Å²) >= 11 is 3.28. The number of nitrogens with one attached hydrogen (secondary N) is 1. The van der Waals surface area contributed by atoms with Gasteiger partial charge in [-0.15, -0.1) is 0 Å². The average Bonchev–Trinajstić information content (AvgIpc) is 2.18. The van der Waals surface area contributed by atoms with E-state index in [-0.39, 0.29) is 18.4 Å². The van der Waals surface area contributed by atoms with Crippen LogP contribution in [0.1, 0.15) is 13.3 Å². The summed E-state index contributed by atoms with van der Waals surface area (Å²) in [6.07, 6.45) is 0.696. The summed E-state index contributed by atoms with van der Waals surface area (Å²) in [7, 11) is -1.72. The summed E-state index contributed by atoms with van der Waals surface area (Å²) in [5.74, 6) is -0.0106. The molecular formula is C9H20BrNO4S. The number of alkyl halides is 1. The van der Waals surface area contributed by atoms with Crippen molar-refractivity contribution in [2.45, 2.75) is 19.4 Å². The van der Waals surface area contributed by atoms with Gasteiger partial charge in [-0.25, -0.2) is 13.1 Å². The van der Waals surface area contributed by atoms with Gasteiger partial charge >= 0.3 is 0 Å². The van der Waals surface area contributed by atoms with Crippen LogP contribution in [-0.2, 0) is 19.5 Å². The Hall–Kier alpha value is 0.310. The summed E-state index contributed by atoms with van der Waals surface area (Å²) in [4.78, 5) is 0. The van der Waals surface area contributed by atoms with Crippen molar-refractivity contribution in [3.05, 3.63) is 0 Å². The van der Waals surface area contributed by atoms with Crippen molar-refractivity contribution >= 4 is 26.0 Å². The van der Waals surface area contributed by atoms with E-state index in [0.29, 0.717) is 19.6 Å². The van der Waals surface area contributed by atoms with Gasteiger partial charge in [-0.1, -0.05) is 15.9 Å². The summed E-state index contributed by atoms with van der Waals surface area (Å²) < 4.78 is 35.8. The number of halogens is 1. The second kappa shape index (κ2) is 9.35. The predicted octanol–water partition coefficient (Wildman–Crippen LogP) is 0.742. The Morgan fingerprint density at radius 3 is 2.62 bits per heavy atom. The van der Waals surface area contributed by atoms with E-state index < -0.39 is 10.0 Å². The molecule has 98 valence electrons. The summed E-state index contributed by atoms with van der Waals surface area (Å²) in [5, 5.41) is 0.731. The van der Waals surface area contributed by atoms with Gasteiger partial charge in [-0.05, 0) is 13.3 Å². The zero-order valence-electron chi connectivity index (χ0n) is 9.74. The molecule has 0 aliphatic heterocycles. The summed E-state index contributed by atoms with van der Waals surface area (Å²) in [6.45, 7) is 2.95. The SMILES string of the molecule is CCOCCS(=O)(=O)NC(CCBr)COC. The third-order valence-electron chi connectivity index (χ3n) is 1.87. The molecule has 0 aromatic heterocycles. The van der Waals surface area contributed by atoms with E-state index in [1.54, 1.807) is 7.11 Å². The van der Waals surface area contributed by atoms with E-state index in [2.05, 4.69) is 20.7 Å². The quantitative estimate of drug-likeness (QED) is 0.477. The minimum Gasteiger partial charge on any atom is -0.383 e. The Morgan fingerprint density at radius 1 is 1.44 bits per heavy atom. The lowest BCUT2D eigenvalue weighted by molar-refractivity contribution is 0.162. The number of hydrogen-bond acceptors (Lipinski definition) is 4. The lowest BCUT2D eigenvalue weighted by Crippen LogP contribution is -2.40. The summed E-state index contributed by atoms with van der Waals surface area (Å²) in [5.41, 5.74) is 0. The highest BCUT2D eigenvalue weighted by Gasteiger charge is 2.17. The molecule has 0 radical (unpaired) electrons. The Balaban J connectivity index is 4.08. The third-order valence-corrected chi connectivity index (χ3v) is 3.73. The highest BCUT2D eigenvalue weighted by molar-refractivity contribution is 9.09. The molecule has 0 heterocycles. The molecular weight excluding hydrogens is 298 g/mol. The van der Waals surface area contributed by atoms with Gasteiger partial charge in [0.15, 0.2) is 0 Å². The van der Waals surface area contributed by atoms with Crippen LogP contribution in [0.15, 0.2) is 0 Å². The average molecular weight is 318 g/mol. The minimum atomic E-state index is -3.27. The van der Waals surface area contributed by atoms with Crippen molar-refractivity contribution in [3.63, 3.8) is 0 Å². The molecule has 0 saturated heterocycles. The Bertz CT molecular complexity index is 252. The van der Waals surface area contributed by atoms with Crippen LogP contribution in [-0.4, -0.2) is 52.5 Å². The van der Waals surface area contributed by atoms with Crippen molar-refractivity contribution in [2.75, 3.05) is 38.0 Å². The van der Waals surface area contributed by atoms with Crippen LogP contribution in [0.4, 0.5) is 0 Å². The molecule has 1 unspecified atom stereocenters. The molecule has 0 saturated carbocycles. The van der Waals surface area contributed by atoms with Crippen molar-refractivity contribution in [3.8, 4) is 0 Å². The topological polar surface area (TPSA) is 64.6 Å². The fourth-order valence-corrected chi connectivity index (χ4v) is 2.84. The molecule has 0 fully saturated rings.